The lowest BCUT2D eigenvalue weighted by molar-refractivity contribution is 0.628. The van der Waals surface area contributed by atoms with Gasteiger partial charge >= 0.3 is 0 Å². The third-order valence-electron chi connectivity index (χ3n) is 4.64. The molecule has 0 aliphatic rings. The van der Waals surface area contributed by atoms with Gasteiger partial charge in [-0.3, -0.25) is 4.98 Å². The molecule has 28 heavy (non-hydrogen) atoms. The first-order valence-corrected chi connectivity index (χ1v) is 9.46. The maximum atomic E-state index is 13.8. The van der Waals surface area contributed by atoms with Crippen LogP contribution in [0.4, 0.5) is 4.39 Å². The van der Waals surface area contributed by atoms with Crippen molar-refractivity contribution in [2.45, 2.75) is 20.3 Å². The number of halogens is 1. The molecule has 1 N–H and O–H groups in total. The fourth-order valence-electron chi connectivity index (χ4n) is 3.35. The van der Waals surface area contributed by atoms with E-state index in [1.807, 2.05) is 18.2 Å². The average Bonchev–Trinajstić information content (AvgIpc) is 3.14. The van der Waals surface area contributed by atoms with Crippen molar-refractivity contribution in [2.75, 3.05) is 0 Å². The summed E-state index contributed by atoms with van der Waals surface area (Å²) in [4.78, 5) is 12.3. The molecular weight excluding hydrogens is 349 g/mol. The molecular formula is C24H22FN3. The Labute approximate surface area is 164 Å². The minimum absolute atomic E-state index is 0.277. The average molecular weight is 371 g/mol. The van der Waals surface area contributed by atoms with Crippen molar-refractivity contribution in [3.63, 3.8) is 0 Å². The van der Waals surface area contributed by atoms with Gasteiger partial charge in [-0.25, -0.2) is 9.37 Å². The van der Waals surface area contributed by atoms with Crippen LogP contribution < -0.4 is 0 Å². The second-order valence-corrected chi connectivity index (χ2v) is 7.35. The molecule has 0 saturated heterocycles. The molecule has 0 spiro atoms. The molecule has 0 bridgehead atoms. The third-order valence-corrected chi connectivity index (χ3v) is 4.64. The van der Waals surface area contributed by atoms with Gasteiger partial charge in [-0.1, -0.05) is 50.2 Å². The van der Waals surface area contributed by atoms with Crippen molar-refractivity contribution >= 4 is 0 Å². The van der Waals surface area contributed by atoms with Crippen molar-refractivity contribution in [1.82, 2.24) is 15.0 Å². The Balaban J connectivity index is 1.79. The Morgan fingerprint density at radius 1 is 0.893 bits per heavy atom. The summed E-state index contributed by atoms with van der Waals surface area (Å²) in [5.74, 6) is 1.11. The van der Waals surface area contributed by atoms with E-state index in [0.717, 1.165) is 40.3 Å². The van der Waals surface area contributed by atoms with Crippen LogP contribution in [0.2, 0.25) is 0 Å². The predicted molar refractivity (Wildman–Crippen MR) is 111 cm³/mol. The second kappa shape index (κ2) is 7.77. The van der Waals surface area contributed by atoms with Gasteiger partial charge in [-0.05, 0) is 42.2 Å². The van der Waals surface area contributed by atoms with Crippen LogP contribution in [0, 0.1) is 11.7 Å². The number of imidazole rings is 1. The zero-order valence-electron chi connectivity index (χ0n) is 16.0. The number of pyridine rings is 1. The maximum absolute atomic E-state index is 13.8. The number of aromatic amines is 1. The summed E-state index contributed by atoms with van der Waals surface area (Å²) in [5, 5.41) is 0. The first-order chi connectivity index (χ1) is 13.6. The van der Waals surface area contributed by atoms with Gasteiger partial charge in [0.05, 0.1) is 11.4 Å². The Morgan fingerprint density at radius 2 is 1.64 bits per heavy atom. The minimum Gasteiger partial charge on any atom is -0.337 e. The van der Waals surface area contributed by atoms with Crippen LogP contribution >= 0.6 is 0 Å². The maximum Gasteiger partial charge on any atom is 0.138 e. The van der Waals surface area contributed by atoms with Gasteiger partial charge in [0.2, 0.25) is 0 Å². The number of hydrogen-bond donors (Lipinski definition) is 1. The van der Waals surface area contributed by atoms with Crippen LogP contribution in [0.5, 0.6) is 0 Å². The van der Waals surface area contributed by atoms with Gasteiger partial charge in [-0.15, -0.1) is 0 Å². The van der Waals surface area contributed by atoms with Gasteiger partial charge in [0.1, 0.15) is 11.6 Å². The van der Waals surface area contributed by atoms with Crippen LogP contribution in [-0.2, 0) is 6.42 Å². The van der Waals surface area contributed by atoms with E-state index in [4.69, 9.17) is 4.98 Å². The lowest BCUT2D eigenvalue weighted by Crippen LogP contribution is -1.93. The van der Waals surface area contributed by atoms with E-state index in [0.29, 0.717) is 5.92 Å². The van der Waals surface area contributed by atoms with Gasteiger partial charge < -0.3 is 4.98 Å². The quantitative estimate of drug-likeness (QED) is 0.457. The molecule has 0 saturated carbocycles. The number of rotatable bonds is 5. The summed E-state index contributed by atoms with van der Waals surface area (Å²) < 4.78 is 13.8. The zero-order chi connectivity index (χ0) is 19.5. The summed E-state index contributed by atoms with van der Waals surface area (Å²) in [6.45, 7) is 4.43. The van der Waals surface area contributed by atoms with E-state index in [-0.39, 0.29) is 5.82 Å². The number of nitrogens with one attached hydrogen (secondary N) is 1. The Morgan fingerprint density at radius 3 is 2.32 bits per heavy atom. The van der Waals surface area contributed by atoms with Crippen LogP contribution in [0.3, 0.4) is 0 Å². The molecule has 2 aromatic heterocycles. The molecule has 0 amide bonds. The second-order valence-electron chi connectivity index (χ2n) is 7.35. The molecule has 0 aliphatic heterocycles. The summed E-state index contributed by atoms with van der Waals surface area (Å²) in [6.07, 6.45) is 4.53. The number of nitrogens with zero attached hydrogens (tertiary/aromatic N) is 2. The topological polar surface area (TPSA) is 41.6 Å². The highest BCUT2D eigenvalue weighted by atomic mass is 19.1. The van der Waals surface area contributed by atoms with Crippen molar-refractivity contribution in [2.24, 2.45) is 5.92 Å². The van der Waals surface area contributed by atoms with Crippen LogP contribution in [0.15, 0.2) is 73.1 Å². The molecule has 2 heterocycles. The Bertz CT molecular complexity index is 1070. The van der Waals surface area contributed by atoms with Crippen molar-refractivity contribution in [3.05, 3.63) is 84.4 Å². The van der Waals surface area contributed by atoms with E-state index >= 15 is 0 Å². The molecule has 0 atom stereocenters. The predicted octanol–water partition coefficient (Wildman–Crippen LogP) is 6.14. The highest BCUT2D eigenvalue weighted by Gasteiger charge is 2.16. The number of hydrogen-bond acceptors (Lipinski definition) is 2. The number of H-pyrrole nitrogens is 1. The smallest absolute Gasteiger partial charge is 0.138 e. The molecule has 140 valence electrons. The van der Waals surface area contributed by atoms with Crippen LogP contribution in [0.25, 0.3) is 33.9 Å². The molecule has 4 rings (SSSR count). The Hall–Kier alpha value is -3.27. The van der Waals surface area contributed by atoms with Crippen LogP contribution in [0.1, 0.15) is 19.4 Å². The van der Waals surface area contributed by atoms with Crippen LogP contribution in [-0.4, -0.2) is 15.0 Å². The van der Waals surface area contributed by atoms with Crippen molar-refractivity contribution in [3.8, 4) is 33.9 Å². The SMILES string of the molecule is CC(C)Cc1ccc(-c2nc(-c3cccc(F)c3)c(-c3ccncc3)[nH]2)cc1. The lowest BCUT2D eigenvalue weighted by Gasteiger charge is -2.05. The molecule has 0 fully saturated rings. The van der Waals surface area contributed by atoms with Crippen molar-refractivity contribution in [1.29, 1.82) is 0 Å². The highest BCUT2D eigenvalue weighted by molar-refractivity contribution is 5.81. The van der Waals surface area contributed by atoms with E-state index in [1.165, 1.54) is 17.7 Å². The molecule has 0 aliphatic carbocycles. The molecule has 4 aromatic rings. The Kier molecular flexibility index (Phi) is 5.02. The molecule has 3 nitrogen and oxygen atoms in total. The molecule has 4 heteroatoms. The normalized spacial score (nSPS) is 11.1. The first-order valence-electron chi connectivity index (χ1n) is 9.46. The minimum atomic E-state index is -0.277. The monoisotopic (exact) mass is 371 g/mol. The third kappa shape index (κ3) is 3.86. The van der Waals surface area contributed by atoms with E-state index in [9.17, 15) is 4.39 Å². The molecule has 2 aromatic carbocycles. The summed E-state index contributed by atoms with van der Waals surface area (Å²) in [7, 11) is 0. The molecule has 0 radical (unpaired) electrons. The standard InChI is InChI=1S/C24H22FN3/c1-16(2)14-17-6-8-19(9-7-17)24-27-22(18-10-12-26-13-11-18)23(28-24)20-4-3-5-21(25)15-20/h3-13,15-16H,14H2,1-2H3,(H,27,28). The summed E-state index contributed by atoms with van der Waals surface area (Å²) in [5.41, 5.74) is 5.60. The zero-order valence-corrected chi connectivity index (χ0v) is 16.0. The summed E-state index contributed by atoms with van der Waals surface area (Å²) in [6, 6.07) is 18.8. The molecule has 0 unspecified atom stereocenters. The van der Waals surface area contributed by atoms with E-state index in [1.54, 1.807) is 18.5 Å². The fraction of sp³-hybridized carbons (Fsp3) is 0.167. The first kappa shape index (κ1) is 18.1. The van der Waals surface area contributed by atoms with Gasteiger partial charge in [-0.2, -0.15) is 0 Å². The highest BCUT2D eigenvalue weighted by Crippen LogP contribution is 2.33. The number of aromatic nitrogens is 3. The fourth-order valence-corrected chi connectivity index (χ4v) is 3.35. The van der Waals surface area contributed by atoms with E-state index < -0.39 is 0 Å². The van der Waals surface area contributed by atoms with Gasteiger partial charge in [0.15, 0.2) is 0 Å². The van der Waals surface area contributed by atoms with Crippen molar-refractivity contribution < 1.29 is 4.39 Å². The summed E-state index contributed by atoms with van der Waals surface area (Å²) >= 11 is 0. The lowest BCUT2D eigenvalue weighted by atomic mass is 10.0. The van der Waals surface area contributed by atoms with Gasteiger partial charge in [0.25, 0.3) is 0 Å². The van der Waals surface area contributed by atoms with Gasteiger partial charge in [0, 0.05) is 29.1 Å². The largest absolute Gasteiger partial charge is 0.337 e. The van der Waals surface area contributed by atoms with E-state index in [2.05, 4.69) is 48.1 Å². The number of benzene rings is 2.